The second kappa shape index (κ2) is 15.8. The Balaban J connectivity index is 0.00000254. The van der Waals surface area contributed by atoms with Crippen LogP contribution in [0.1, 0.15) is 98.8 Å². The molecule has 0 spiro atoms. The van der Waals surface area contributed by atoms with Crippen molar-refractivity contribution >= 4 is 29.7 Å². The lowest BCUT2D eigenvalue weighted by Crippen LogP contribution is -2.58. The number of carboxylic acid groups (broad SMARTS) is 1. The topological polar surface area (TPSA) is 142 Å². The summed E-state index contributed by atoms with van der Waals surface area (Å²) in [4.78, 5) is 63.4. The Hall–Kier alpha value is -2.86. The van der Waals surface area contributed by atoms with Crippen LogP contribution in [0.2, 0.25) is 0 Å². The minimum absolute atomic E-state index is 0.163. The van der Waals surface area contributed by atoms with E-state index in [4.69, 9.17) is 9.84 Å². The molecule has 0 radical (unpaired) electrons. The highest BCUT2D eigenvalue weighted by Crippen LogP contribution is 2.30. The molecule has 2 aliphatic rings. The highest BCUT2D eigenvalue weighted by Gasteiger charge is 2.42. The van der Waals surface area contributed by atoms with Crippen LogP contribution in [-0.2, 0) is 23.9 Å². The second-order valence-electron chi connectivity index (χ2n) is 11.3. The van der Waals surface area contributed by atoms with Gasteiger partial charge in [-0.25, -0.2) is 9.59 Å². The molecule has 3 amide bonds. The third-order valence-corrected chi connectivity index (χ3v) is 6.46. The SMILES string of the molecule is CC(C)(C)OC(=O)NC(C(=O)N1CCCC1C(=O)NC(CCC(F)(F)F)C(=O)C(=O)O)C1CCCCC1.CCC. The number of carbonyl (C=O) groups is 5. The molecule has 1 saturated carbocycles. The standard InChI is InChI=1S/C24H36F3N3O7.C3H8/c1-23(2,3)37-22(36)29-17(14-8-5-4-6-9-14)20(33)30-13-7-10-16(30)19(32)28-15(18(31)21(34)35)11-12-24(25,26)27;1-3-2/h14-17H,4-13H2,1-3H3,(H,28,32)(H,29,36)(H,34,35);3H2,1-2H3. The first kappa shape index (κ1) is 35.2. The molecule has 230 valence electrons. The molecule has 0 aromatic heterocycles. The molecule has 1 aliphatic heterocycles. The monoisotopic (exact) mass is 579 g/mol. The summed E-state index contributed by atoms with van der Waals surface area (Å²) in [7, 11) is 0. The first-order chi connectivity index (χ1) is 18.5. The number of halogens is 3. The maximum absolute atomic E-state index is 13.6. The molecule has 2 fully saturated rings. The summed E-state index contributed by atoms with van der Waals surface area (Å²) < 4.78 is 43.4. The third kappa shape index (κ3) is 12.1. The molecule has 1 heterocycles. The molecule has 1 aliphatic carbocycles. The zero-order valence-corrected chi connectivity index (χ0v) is 24.1. The molecule has 0 aromatic carbocycles. The first-order valence-electron chi connectivity index (χ1n) is 13.9. The molecule has 3 N–H and O–H groups in total. The molecule has 10 nitrogen and oxygen atoms in total. The van der Waals surface area contributed by atoms with E-state index in [1.54, 1.807) is 20.8 Å². The maximum atomic E-state index is 13.6. The van der Waals surface area contributed by atoms with Crippen molar-refractivity contribution < 1.29 is 47.0 Å². The molecule has 40 heavy (non-hydrogen) atoms. The number of ketones is 1. The van der Waals surface area contributed by atoms with Crippen LogP contribution in [-0.4, -0.2) is 76.1 Å². The minimum Gasteiger partial charge on any atom is -0.475 e. The van der Waals surface area contributed by atoms with Gasteiger partial charge in [-0.15, -0.1) is 0 Å². The van der Waals surface area contributed by atoms with E-state index in [1.807, 2.05) is 0 Å². The van der Waals surface area contributed by atoms with Crippen LogP contribution in [0.5, 0.6) is 0 Å². The molecule has 1 saturated heterocycles. The van der Waals surface area contributed by atoms with Gasteiger partial charge in [0, 0.05) is 13.0 Å². The number of hydrogen-bond acceptors (Lipinski definition) is 6. The predicted octanol–water partition coefficient (Wildman–Crippen LogP) is 4.35. The van der Waals surface area contributed by atoms with Gasteiger partial charge in [0.05, 0.1) is 6.04 Å². The first-order valence-corrected chi connectivity index (χ1v) is 13.9. The van der Waals surface area contributed by atoms with Crippen LogP contribution >= 0.6 is 0 Å². The molecule has 13 heteroatoms. The van der Waals surface area contributed by atoms with Crippen molar-refractivity contribution in [2.75, 3.05) is 6.54 Å². The molecule has 3 atom stereocenters. The van der Waals surface area contributed by atoms with Gasteiger partial charge in [-0.2, -0.15) is 13.2 Å². The Kier molecular flexibility index (Phi) is 13.9. The van der Waals surface area contributed by atoms with E-state index in [2.05, 4.69) is 24.5 Å². The quantitative estimate of drug-likeness (QED) is 0.345. The number of nitrogens with one attached hydrogen (secondary N) is 2. The summed E-state index contributed by atoms with van der Waals surface area (Å²) in [5.41, 5.74) is -0.803. The van der Waals surface area contributed by atoms with Crippen LogP contribution in [0.3, 0.4) is 0 Å². The highest BCUT2D eigenvalue weighted by atomic mass is 19.4. The largest absolute Gasteiger partial charge is 0.475 e. The molecule has 3 unspecified atom stereocenters. The summed E-state index contributed by atoms with van der Waals surface area (Å²) in [6.07, 6.45) is -1.91. The number of nitrogens with zero attached hydrogens (tertiary/aromatic N) is 1. The van der Waals surface area contributed by atoms with Gasteiger partial charge in [-0.3, -0.25) is 14.4 Å². The van der Waals surface area contributed by atoms with Gasteiger partial charge in [-0.05, 0) is 58.8 Å². The van der Waals surface area contributed by atoms with Gasteiger partial charge in [0.2, 0.25) is 11.8 Å². The number of Topliss-reactive ketones (excluding diaryl/α,β-unsaturated/α-hetero) is 1. The van der Waals surface area contributed by atoms with E-state index in [9.17, 15) is 37.1 Å². The van der Waals surface area contributed by atoms with E-state index in [0.29, 0.717) is 19.3 Å². The molecular weight excluding hydrogens is 535 g/mol. The Labute approximate surface area is 233 Å². The number of ether oxygens (including phenoxy) is 1. The Morgan fingerprint density at radius 3 is 2.02 bits per heavy atom. The summed E-state index contributed by atoms with van der Waals surface area (Å²) >= 11 is 0. The van der Waals surface area contributed by atoms with Crippen molar-refractivity contribution in [3.63, 3.8) is 0 Å². The summed E-state index contributed by atoms with van der Waals surface area (Å²) in [6.45, 7) is 9.45. The van der Waals surface area contributed by atoms with E-state index in [-0.39, 0.29) is 18.9 Å². The molecular formula is C27H44F3N3O7. The Morgan fingerprint density at radius 2 is 1.52 bits per heavy atom. The maximum Gasteiger partial charge on any atom is 0.408 e. The minimum atomic E-state index is -4.66. The van der Waals surface area contributed by atoms with Gasteiger partial charge in [0.15, 0.2) is 0 Å². The normalized spacial score (nSPS) is 19.5. The Bertz CT molecular complexity index is 884. The molecule has 2 rings (SSSR count). The summed E-state index contributed by atoms with van der Waals surface area (Å²) in [5, 5.41) is 13.7. The van der Waals surface area contributed by atoms with E-state index >= 15 is 0 Å². The fraction of sp³-hybridized carbons (Fsp3) is 0.815. The lowest BCUT2D eigenvalue weighted by Gasteiger charge is -2.35. The average molecular weight is 580 g/mol. The van der Waals surface area contributed by atoms with Gasteiger partial charge in [0.1, 0.15) is 17.7 Å². The lowest BCUT2D eigenvalue weighted by molar-refractivity contribution is -0.153. The van der Waals surface area contributed by atoms with Crippen molar-refractivity contribution in [3.8, 4) is 0 Å². The van der Waals surface area contributed by atoms with Crippen LogP contribution in [0.15, 0.2) is 0 Å². The van der Waals surface area contributed by atoms with Crippen molar-refractivity contribution in [1.82, 2.24) is 15.5 Å². The van der Waals surface area contributed by atoms with E-state index in [0.717, 1.165) is 19.3 Å². The van der Waals surface area contributed by atoms with Gasteiger partial charge in [-0.1, -0.05) is 39.5 Å². The summed E-state index contributed by atoms with van der Waals surface area (Å²) in [5.74, 6) is -5.16. The summed E-state index contributed by atoms with van der Waals surface area (Å²) in [6, 6.07) is -3.97. The van der Waals surface area contributed by atoms with Crippen molar-refractivity contribution in [2.24, 2.45) is 5.92 Å². The van der Waals surface area contributed by atoms with Crippen molar-refractivity contribution in [1.29, 1.82) is 0 Å². The zero-order valence-electron chi connectivity index (χ0n) is 24.1. The van der Waals surface area contributed by atoms with Gasteiger partial charge >= 0.3 is 18.2 Å². The van der Waals surface area contributed by atoms with Crippen molar-refractivity contribution in [2.45, 2.75) is 129 Å². The van der Waals surface area contributed by atoms with Gasteiger partial charge in [0.25, 0.3) is 5.78 Å². The van der Waals surface area contributed by atoms with Crippen LogP contribution in [0.4, 0.5) is 18.0 Å². The third-order valence-electron chi connectivity index (χ3n) is 6.46. The van der Waals surface area contributed by atoms with Crippen molar-refractivity contribution in [3.05, 3.63) is 0 Å². The zero-order chi connectivity index (χ0) is 30.7. The number of carboxylic acids is 1. The van der Waals surface area contributed by atoms with Gasteiger partial charge < -0.3 is 25.4 Å². The lowest BCUT2D eigenvalue weighted by atomic mass is 9.83. The fourth-order valence-corrected chi connectivity index (χ4v) is 4.76. The molecule has 0 bridgehead atoms. The van der Waals surface area contributed by atoms with E-state index in [1.165, 1.54) is 11.3 Å². The molecule has 0 aromatic rings. The highest BCUT2D eigenvalue weighted by molar-refractivity contribution is 6.35. The number of likely N-dealkylation sites (tertiary alicyclic amines) is 1. The van der Waals surface area contributed by atoms with Crippen LogP contribution in [0, 0.1) is 5.92 Å². The van der Waals surface area contributed by atoms with E-state index < -0.39 is 72.4 Å². The predicted molar refractivity (Wildman–Crippen MR) is 140 cm³/mol. The fourth-order valence-electron chi connectivity index (χ4n) is 4.76. The number of amides is 3. The smallest absolute Gasteiger partial charge is 0.408 e. The number of alkyl carbamates (subject to hydrolysis) is 1. The number of rotatable bonds is 9. The Morgan fingerprint density at radius 1 is 0.950 bits per heavy atom. The number of aliphatic carboxylic acids is 1. The number of carbonyl (C=O) groups excluding carboxylic acids is 4. The average Bonchev–Trinajstić information content (AvgIpc) is 3.34. The number of hydrogen-bond donors (Lipinski definition) is 3. The van der Waals surface area contributed by atoms with Crippen LogP contribution < -0.4 is 10.6 Å². The van der Waals surface area contributed by atoms with Crippen LogP contribution in [0.25, 0.3) is 0 Å². The second-order valence-corrected chi connectivity index (χ2v) is 11.3. The number of alkyl halides is 3.